The van der Waals surface area contributed by atoms with Gasteiger partial charge in [0.2, 0.25) is 6.79 Å². The molecule has 0 radical (unpaired) electrons. The molecule has 1 aliphatic heterocycles. The van der Waals surface area contributed by atoms with Crippen molar-refractivity contribution in [2.45, 2.75) is 20.4 Å². The first-order chi connectivity index (χ1) is 9.11. The van der Waals surface area contributed by atoms with Crippen LogP contribution in [0.25, 0.3) is 11.3 Å². The van der Waals surface area contributed by atoms with Crippen LogP contribution in [0.15, 0.2) is 12.1 Å². The average molecular weight is 259 g/mol. The summed E-state index contributed by atoms with van der Waals surface area (Å²) in [6, 6.07) is 3.99. The van der Waals surface area contributed by atoms with Crippen molar-refractivity contribution in [3.63, 3.8) is 0 Å². The Kier molecular flexibility index (Phi) is 2.71. The van der Waals surface area contributed by atoms with Gasteiger partial charge in [-0.1, -0.05) is 0 Å². The van der Waals surface area contributed by atoms with Crippen molar-refractivity contribution >= 4 is 0 Å². The van der Waals surface area contributed by atoms with E-state index in [9.17, 15) is 0 Å². The number of nitrogens with two attached hydrogens (primary N) is 1. The van der Waals surface area contributed by atoms with Gasteiger partial charge in [0, 0.05) is 19.2 Å². The van der Waals surface area contributed by atoms with Gasteiger partial charge in [-0.05, 0) is 37.1 Å². The molecule has 3 rings (SSSR count). The number of benzene rings is 1. The van der Waals surface area contributed by atoms with Crippen LogP contribution in [-0.4, -0.2) is 16.6 Å². The van der Waals surface area contributed by atoms with Gasteiger partial charge in [0.15, 0.2) is 11.5 Å². The van der Waals surface area contributed by atoms with Crippen molar-refractivity contribution in [3.05, 3.63) is 29.0 Å². The monoisotopic (exact) mass is 259 g/mol. The van der Waals surface area contributed by atoms with E-state index in [-0.39, 0.29) is 6.79 Å². The standard InChI is InChI=1S/C14H17N3O2/c1-8-4-12-13(19-7-18-12)5-10(8)14-9(2)11(6-15)17(3)16-14/h4-5H,6-7,15H2,1-3H3. The Labute approximate surface area is 111 Å². The molecule has 0 bridgehead atoms. The van der Waals surface area contributed by atoms with E-state index in [1.54, 1.807) is 0 Å². The van der Waals surface area contributed by atoms with Gasteiger partial charge >= 0.3 is 0 Å². The van der Waals surface area contributed by atoms with Crippen LogP contribution in [0.3, 0.4) is 0 Å². The van der Waals surface area contributed by atoms with Gasteiger partial charge in [0.1, 0.15) is 0 Å². The van der Waals surface area contributed by atoms with E-state index in [2.05, 4.69) is 12.0 Å². The normalized spacial score (nSPS) is 13.1. The summed E-state index contributed by atoms with van der Waals surface area (Å²) in [6.45, 7) is 4.87. The minimum atomic E-state index is 0.285. The number of aromatic nitrogens is 2. The van der Waals surface area contributed by atoms with Crippen molar-refractivity contribution in [2.75, 3.05) is 6.79 Å². The number of ether oxygens (including phenoxy) is 2. The molecule has 5 heteroatoms. The smallest absolute Gasteiger partial charge is 0.231 e. The zero-order chi connectivity index (χ0) is 13.6. The van der Waals surface area contributed by atoms with Crippen LogP contribution in [0.4, 0.5) is 0 Å². The van der Waals surface area contributed by atoms with Gasteiger partial charge in [0.05, 0.1) is 11.4 Å². The maximum Gasteiger partial charge on any atom is 0.231 e. The van der Waals surface area contributed by atoms with Gasteiger partial charge in [0.25, 0.3) is 0 Å². The quantitative estimate of drug-likeness (QED) is 0.894. The second-order valence-corrected chi connectivity index (χ2v) is 4.77. The van der Waals surface area contributed by atoms with Crippen molar-refractivity contribution in [1.82, 2.24) is 9.78 Å². The van der Waals surface area contributed by atoms with Crippen molar-refractivity contribution in [1.29, 1.82) is 0 Å². The van der Waals surface area contributed by atoms with Crippen LogP contribution < -0.4 is 15.2 Å². The molecule has 2 N–H and O–H groups in total. The predicted molar refractivity (Wildman–Crippen MR) is 72.1 cm³/mol. The Morgan fingerprint density at radius 2 is 1.95 bits per heavy atom. The lowest BCUT2D eigenvalue weighted by atomic mass is 10.0. The molecule has 0 spiro atoms. The lowest BCUT2D eigenvalue weighted by Crippen LogP contribution is -2.05. The largest absolute Gasteiger partial charge is 0.454 e. The molecule has 0 fully saturated rings. The second-order valence-electron chi connectivity index (χ2n) is 4.77. The van der Waals surface area contributed by atoms with E-state index in [1.807, 2.05) is 30.8 Å². The zero-order valence-electron chi connectivity index (χ0n) is 11.4. The number of hydrogen-bond acceptors (Lipinski definition) is 4. The van der Waals surface area contributed by atoms with E-state index in [0.717, 1.165) is 39.6 Å². The third-order valence-corrected chi connectivity index (χ3v) is 3.60. The maximum absolute atomic E-state index is 5.77. The highest BCUT2D eigenvalue weighted by Crippen LogP contribution is 2.39. The third kappa shape index (κ3) is 1.77. The summed E-state index contributed by atoms with van der Waals surface area (Å²) in [7, 11) is 1.92. The molecule has 1 aromatic heterocycles. The highest BCUT2D eigenvalue weighted by Gasteiger charge is 2.20. The molecule has 2 heterocycles. The fourth-order valence-electron chi connectivity index (χ4n) is 2.50. The molecule has 0 saturated heterocycles. The molecule has 100 valence electrons. The van der Waals surface area contributed by atoms with Crippen LogP contribution in [-0.2, 0) is 13.6 Å². The maximum atomic E-state index is 5.77. The molecule has 2 aromatic rings. The second kappa shape index (κ2) is 4.28. The van der Waals surface area contributed by atoms with E-state index in [0.29, 0.717) is 6.54 Å². The van der Waals surface area contributed by atoms with Crippen LogP contribution in [0.5, 0.6) is 11.5 Å². The van der Waals surface area contributed by atoms with Crippen LogP contribution >= 0.6 is 0 Å². The summed E-state index contributed by atoms with van der Waals surface area (Å²) in [4.78, 5) is 0. The Bertz CT molecular complexity index is 647. The summed E-state index contributed by atoms with van der Waals surface area (Å²) in [5.74, 6) is 1.58. The van der Waals surface area contributed by atoms with Crippen LogP contribution in [0.1, 0.15) is 16.8 Å². The summed E-state index contributed by atoms with van der Waals surface area (Å²) in [6.07, 6.45) is 0. The lowest BCUT2D eigenvalue weighted by molar-refractivity contribution is 0.174. The molecule has 0 aliphatic carbocycles. The number of hydrogen-bond donors (Lipinski definition) is 1. The Morgan fingerprint density at radius 3 is 2.58 bits per heavy atom. The molecule has 1 aromatic carbocycles. The first-order valence-corrected chi connectivity index (χ1v) is 6.25. The SMILES string of the molecule is Cc1cc2c(cc1-c1nn(C)c(CN)c1C)OCO2. The highest BCUT2D eigenvalue weighted by molar-refractivity contribution is 5.71. The first-order valence-electron chi connectivity index (χ1n) is 6.25. The minimum Gasteiger partial charge on any atom is -0.454 e. The number of rotatable bonds is 2. The molecule has 0 amide bonds. The van der Waals surface area contributed by atoms with Crippen molar-refractivity contribution in [2.24, 2.45) is 12.8 Å². The summed E-state index contributed by atoms with van der Waals surface area (Å²) < 4.78 is 12.7. The van der Waals surface area contributed by atoms with Gasteiger partial charge in [-0.2, -0.15) is 5.10 Å². The van der Waals surface area contributed by atoms with Crippen molar-refractivity contribution < 1.29 is 9.47 Å². The molecule has 0 saturated carbocycles. The molecule has 19 heavy (non-hydrogen) atoms. The highest BCUT2D eigenvalue weighted by atomic mass is 16.7. The molecular formula is C14H17N3O2. The van der Waals surface area contributed by atoms with Crippen LogP contribution in [0.2, 0.25) is 0 Å². The van der Waals surface area contributed by atoms with Crippen LogP contribution in [0, 0.1) is 13.8 Å². The first kappa shape index (κ1) is 12.0. The number of aryl methyl sites for hydroxylation is 2. The molecule has 0 atom stereocenters. The molecule has 5 nitrogen and oxygen atoms in total. The molecular weight excluding hydrogens is 242 g/mol. The number of nitrogens with zero attached hydrogens (tertiary/aromatic N) is 2. The van der Waals surface area contributed by atoms with E-state index in [4.69, 9.17) is 15.2 Å². The Balaban J connectivity index is 2.17. The molecule has 0 unspecified atom stereocenters. The lowest BCUT2D eigenvalue weighted by Gasteiger charge is -2.06. The van der Waals surface area contributed by atoms with Gasteiger partial charge < -0.3 is 15.2 Å². The summed E-state index contributed by atoms with van der Waals surface area (Å²) in [5, 5.41) is 4.58. The van der Waals surface area contributed by atoms with Gasteiger partial charge in [-0.3, -0.25) is 4.68 Å². The van der Waals surface area contributed by atoms with E-state index in [1.165, 1.54) is 0 Å². The average Bonchev–Trinajstić information content (AvgIpc) is 2.92. The Morgan fingerprint density at radius 1 is 1.26 bits per heavy atom. The predicted octanol–water partition coefficient (Wildman–Crippen LogP) is 1.89. The zero-order valence-corrected chi connectivity index (χ0v) is 11.4. The fraction of sp³-hybridized carbons (Fsp3) is 0.357. The summed E-state index contributed by atoms with van der Waals surface area (Å²) in [5.41, 5.74) is 11.1. The Hall–Kier alpha value is -2.01. The van der Waals surface area contributed by atoms with E-state index < -0.39 is 0 Å². The minimum absolute atomic E-state index is 0.285. The van der Waals surface area contributed by atoms with Gasteiger partial charge in [-0.15, -0.1) is 0 Å². The van der Waals surface area contributed by atoms with Crippen molar-refractivity contribution in [3.8, 4) is 22.8 Å². The number of fused-ring (bicyclic) bond motifs is 1. The summed E-state index contributed by atoms with van der Waals surface area (Å²) >= 11 is 0. The van der Waals surface area contributed by atoms with E-state index >= 15 is 0 Å². The fourth-order valence-corrected chi connectivity index (χ4v) is 2.50. The third-order valence-electron chi connectivity index (χ3n) is 3.60. The molecule has 1 aliphatic rings. The van der Waals surface area contributed by atoms with Gasteiger partial charge in [-0.25, -0.2) is 0 Å². The topological polar surface area (TPSA) is 62.3 Å².